The first-order valence-electron chi connectivity index (χ1n) is 8.32. The normalized spacial score (nSPS) is 11.3. The zero-order valence-corrected chi connectivity index (χ0v) is 18.7. The van der Waals surface area contributed by atoms with E-state index in [9.17, 15) is 8.42 Å². The van der Waals surface area contributed by atoms with E-state index in [1.54, 1.807) is 19.2 Å². The van der Waals surface area contributed by atoms with Gasteiger partial charge < -0.3 is 15.4 Å². The van der Waals surface area contributed by atoms with E-state index in [1.807, 2.05) is 30.3 Å². The van der Waals surface area contributed by atoms with Crippen molar-refractivity contribution in [1.29, 1.82) is 0 Å². The van der Waals surface area contributed by atoms with Gasteiger partial charge in [-0.2, -0.15) is 0 Å². The number of nitrogens with zero attached hydrogens (tertiary/aromatic N) is 1. The third-order valence-electron chi connectivity index (χ3n) is 3.69. The van der Waals surface area contributed by atoms with Crippen LogP contribution in [0.5, 0.6) is 5.75 Å². The van der Waals surface area contributed by atoms with Crippen LogP contribution in [0.15, 0.2) is 71.1 Å². The number of rotatable bonds is 8. The van der Waals surface area contributed by atoms with E-state index in [1.165, 1.54) is 12.1 Å². The second-order valence-corrected chi connectivity index (χ2v) is 7.24. The summed E-state index contributed by atoms with van der Waals surface area (Å²) in [7, 11) is -2.06. The summed E-state index contributed by atoms with van der Waals surface area (Å²) in [5.74, 6) is 1.36. The summed E-state index contributed by atoms with van der Waals surface area (Å²) >= 11 is 0. The molecule has 0 atom stereocenters. The molecule has 2 rings (SSSR count). The van der Waals surface area contributed by atoms with Crippen molar-refractivity contribution in [3.8, 4) is 5.75 Å². The smallest absolute Gasteiger partial charge is 0.238 e. The lowest BCUT2D eigenvalue weighted by Crippen LogP contribution is -2.36. The van der Waals surface area contributed by atoms with Gasteiger partial charge in [-0.05, 0) is 23.8 Å². The van der Waals surface area contributed by atoms with Crippen LogP contribution in [0.2, 0.25) is 0 Å². The van der Waals surface area contributed by atoms with Gasteiger partial charge in [-0.25, -0.2) is 13.6 Å². The van der Waals surface area contributed by atoms with Crippen LogP contribution in [0.3, 0.4) is 0 Å². The topological polar surface area (TPSA) is 106 Å². The maximum absolute atomic E-state index is 11.4. The van der Waals surface area contributed by atoms with Crippen LogP contribution >= 0.6 is 24.0 Å². The van der Waals surface area contributed by atoms with Crippen molar-refractivity contribution >= 4 is 40.0 Å². The van der Waals surface area contributed by atoms with Gasteiger partial charge in [0.2, 0.25) is 10.0 Å². The average molecular weight is 516 g/mol. The van der Waals surface area contributed by atoms with Crippen LogP contribution in [-0.2, 0) is 23.1 Å². The van der Waals surface area contributed by atoms with E-state index in [4.69, 9.17) is 9.88 Å². The predicted octanol–water partition coefficient (Wildman–Crippen LogP) is 2.38. The Morgan fingerprint density at radius 2 is 1.89 bits per heavy atom. The van der Waals surface area contributed by atoms with E-state index >= 15 is 0 Å². The number of guanidine groups is 1. The molecular weight excluding hydrogens is 491 g/mol. The summed E-state index contributed by atoms with van der Waals surface area (Å²) < 4.78 is 28.5. The summed E-state index contributed by atoms with van der Waals surface area (Å²) in [5, 5.41) is 11.5. The minimum Gasteiger partial charge on any atom is -0.489 e. The van der Waals surface area contributed by atoms with Gasteiger partial charge in [-0.3, -0.25) is 4.99 Å². The fraction of sp³-hybridized carbons (Fsp3) is 0.211. The molecule has 7 nitrogen and oxygen atoms in total. The number of nitrogens with two attached hydrogens (primary N) is 1. The average Bonchev–Trinajstić information content (AvgIpc) is 2.66. The summed E-state index contributed by atoms with van der Waals surface area (Å²) in [6.45, 7) is 5.01. The van der Waals surface area contributed by atoms with Crippen molar-refractivity contribution in [2.45, 2.75) is 18.0 Å². The first-order chi connectivity index (χ1) is 12.9. The number of para-hydroxylation sites is 1. The standard InChI is InChI=1S/C19H24N4O3S.HI/c1-3-11-26-18-10-5-4-8-16(18)14-23-19(21-2)22-13-15-7-6-9-17(12-15)27(20,24)25;/h3-10,12H,1,11,13-14H2,2H3,(H2,20,24,25)(H2,21,22,23);1H. The predicted molar refractivity (Wildman–Crippen MR) is 122 cm³/mol. The van der Waals surface area contributed by atoms with Crippen molar-refractivity contribution in [3.63, 3.8) is 0 Å². The van der Waals surface area contributed by atoms with Crippen LogP contribution in [0.1, 0.15) is 11.1 Å². The van der Waals surface area contributed by atoms with Crippen molar-refractivity contribution in [2.24, 2.45) is 10.1 Å². The molecule has 2 aromatic carbocycles. The Balaban J connectivity index is 0.00000392. The molecule has 0 radical (unpaired) electrons. The number of primary sulfonamides is 1. The summed E-state index contributed by atoms with van der Waals surface area (Å²) in [6, 6.07) is 14.2. The van der Waals surface area contributed by atoms with Gasteiger partial charge in [-0.15, -0.1) is 24.0 Å². The highest BCUT2D eigenvalue weighted by atomic mass is 127. The van der Waals surface area contributed by atoms with Gasteiger partial charge in [0.25, 0.3) is 0 Å². The first kappa shape index (κ1) is 23.9. The third kappa shape index (κ3) is 7.49. The highest BCUT2D eigenvalue weighted by Crippen LogP contribution is 2.17. The summed E-state index contributed by atoms with van der Waals surface area (Å²) in [5.41, 5.74) is 1.76. The molecule has 0 unspecified atom stereocenters. The Morgan fingerprint density at radius 1 is 1.18 bits per heavy atom. The molecule has 0 aliphatic heterocycles. The molecule has 0 spiro atoms. The lowest BCUT2D eigenvalue weighted by molar-refractivity contribution is 0.358. The number of nitrogens with one attached hydrogen (secondary N) is 2. The van der Waals surface area contributed by atoms with Gasteiger partial charge in [0, 0.05) is 25.7 Å². The van der Waals surface area contributed by atoms with Crippen molar-refractivity contribution in [3.05, 3.63) is 72.3 Å². The van der Waals surface area contributed by atoms with Crippen LogP contribution in [0.25, 0.3) is 0 Å². The number of aliphatic imine (C=N–C) groups is 1. The number of benzene rings is 2. The Bertz CT molecular complexity index is 917. The third-order valence-corrected chi connectivity index (χ3v) is 4.60. The number of sulfonamides is 1. The molecule has 2 aromatic rings. The van der Waals surface area contributed by atoms with Crippen LogP contribution in [0, 0.1) is 0 Å². The molecule has 0 heterocycles. The van der Waals surface area contributed by atoms with Crippen LogP contribution in [-0.4, -0.2) is 28.0 Å². The molecule has 9 heteroatoms. The van der Waals surface area contributed by atoms with Gasteiger partial charge in [0.15, 0.2) is 5.96 Å². The highest BCUT2D eigenvalue weighted by molar-refractivity contribution is 14.0. The van der Waals surface area contributed by atoms with E-state index in [0.717, 1.165) is 16.9 Å². The summed E-state index contributed by atoms with van der Waals surface area (Å²) in [4.78, 5) is 4.26. The second kappa shape index (κ2) is 11.7. The largest absolute Gasteiger partial charge is 0.489 e. The highest BCUT2D eigenvalue weighted by Gasteiger charge is 2.08. The maximum atomic E-state index is 11.4. The van der Waals surface area contributed by atoms with E-state index in [-0.39, 0.29) is 28.9 Å². The van der Waals surface area contributed by atoms with Crippen LogP contribution in [0.4, 0.5) is 0 Å². The van der Waals surface area contributed by atoms with Gasteiger partial charge in [0.1, 0.15) is 12.4 Å². The molecule has 0 amide bonds. The Kier molecular flexibility index (Phi) is 9.97. The zero-order chi connectivity index (χ0) is 19.7. The van der Waals surface area contributed by atoms with Crippen LogP contribution < -0.4 is 20.5 Å². The number of hydrogen-bond acceptors (Lipinski definition) is 4. The minimum atomic E-state index is -3.72. The number of hydrogen-bond donors (Lipinski definition) is 3. The Labute approximate surface area is 183 Å². The molecule has 0 saturated carbocycles. The first-order valence-corrected chi connectivity index (χ1v) is 9.86. The molecule has 0 aliphatic rings. The fourth-order valence-electron chi connectivity index (χ4n) is 2.36. The van der Waals surface area contributed by atoms with Gasteiger partial charge in [0.05, 0.1) is 4.90 Å². The van der Waals surface area contributed by atoms with Crippen molar-refractivity contribution < 1.29 is 13.2 Å². The monoisotopic (exact) mass is 516 g/mol. The molecule has 0 bridgehead atoms. The quantitative estimate of drug-likeness (QED) is 0.216. The van der Waals surface area contributed by atoms with Gasteiger partial charge in [-0.1, -0.05) is 43.0 Å². The Morgan fingerprint density at radius 3 is 2.57 bits per heavy atom. The van der Waals surface area contributed by atoms with Crippen molar-refractivity contribution in [1.82, 2.24) is 10.6 Å². The molecule has 28 heavy (non-hydrogen) atoms. The number of ether oxygens (including phenoxy) is 1. The molecule has 0 fully saturated rings. The molecule has 0 aliphatic carbocycles. The zero-order valence-electron chi connectivity index (χ0n) is 15.6. The fourth-order valence-corrected chi connectivity index (χ4v) is 2.94. The number of halogens is 1. The molecule has 0 aromatic heterocycles. The SMILES string of the molecule is C=CCOc1ccccc1CNC(=NC)NCc1cccc(S(N)(=O)=O)c1.I. The maximum Gasteiger partial charge on any atom is 0.238 e. The molecular formula is C19H25IN4O3S. The lowest BCUT2D eigenvalue weighted by atomic mass is 10.2. The Hall–Kier alpha value is -2.11. The van der Waals surface area contributed by atoms with Gasteiger partial charge >= 0.3 is 0 Å². The molecule has 152 valence electrons. The van der Waals surface area contributed by atoms with E-state index in [0.29, 0.717) is 25.7 Å². The van der Waals surface area contributed by atoms with E-state index in [2.05, 4.69) is 22.2 Å². The summed E-state index contributed by atoms with van der Waals surface area (Å²) in [6.07, 6.45) is 1.69. The molecule has 0 saturated heterocycles. The van der Waals surface area contributed by atoms with Crippen molar-refractivity contribution in [2.75, 3.05) is 13.7 Å². The molecule has 4 N–H and O–H groups in total. The lowest BCUT2D eigenvalue weighted by Gasteiger charge is -2.14. The minimum absolute atomic E-state index is 0. The second-order valence-electron chi connectivity index (χ2n) is 5.68. The van der Waals surface area contributed by atoms with E-state index < -0.39 is 10.0 Å².